The van der Waals surface area contributed by atoms with E-state index in [0.717, 1.165) is 25.7 Å². The van der Waals surface area contributed by atoms with Gasteiger partial charge in [-0.3, -0.25) is 4.79 Å². The molecule has 0 rings (SSSR count). The molecular formula is C13H28N2O3. The second-order valence-electron chi connectivity index (χ2n) is 4.68. The Labute approximate surface area is 110 Å². The molecule has 0 aromatic carbocycles. The number of carbonyl (C=O) groups is 1. The highest BCUT2D eigenvalue weighted by Crippen LogP contribution is 2.16. The first-order chi connectivity index (χ1) is 8.63. The summed E-state index contributed by atoms with van der Waals surface area (Å²) in [5.41, 5.74) is 5.55. The van der Waals surface area contributed by atoms with Crippen molar-refractivity contribution in [1.29, 1.82) is 0 Å². The van der Waals surface area contributed by atoms with Crippen molar-refractivity contribution < 1.29 is 14.6 Å². The summed E-state index contributed by atoms with van der Waals surface area (Å²) in [5.74, 6) is 0.526. The molecule has 2 atom stereocenters. The standard InChI is InChI=1S/C13H28N2O3/c1-3-4-11(7-8-14)5-6-13(17)15-9-12(16)10-18-2/h11-12,16H,3-10,14H2,1-2H3,(H,15,17). The number of rotatable bonds is 11. The lowest BCUT2D eigenvalue weighted by Gasteiger charge is -2.15. The van der Waals surface area contributed by atoms with E-state index in [1.54, 1.807) is 0 Å². The van der Waals surface area contributed by atoms with Gasteiger partial charge in [-0.05, 0) is 25.3 Å². The minimum Gasteiger partial charge on any atom is -0.389 e. The molecule has 0 radical (unpaired) electrons. The molecule has 0 spiro atoms. The van der Waals surface area contributed by atoms with Crippen molar-refractivity contribution in [3.8, 4) is 0 Å². The first-order valence-electron chi connectivity index (χ1n) is 6.77. The van der Waals surface area contributed by atoms with E-state index in [1.807, 2.05) is 0 Å². The zero-order chi connectivity index (χ0) is 13.8. The lowest BCUT2D eigenvalue weighted by atomic mass is 9.94. The summed E-state index contributed by atoms with van der Waals surface area (Å²) in [6.45, 7) is 3.32. The molecule has 18 heavy (non-hydrogen) atoms. The molecule has 1 amide bonds. The molecule has 0 saturated heterocycles. The van der Waals surface area contributed by atoms with Crippen molar-refractivity contribution in [2.75, 3.05) is 26.8 Å². The maximum absolute atomic E-state index is 11.6. The highest BCUT2D eigenvalue weighted by Gasteiger charge is 2.11. The quantitative estimate of drug-likeness (QED) is 0.509. The summed E-state index contributed by atoms with van der Waals surface area (Å²) in [4.78, 5) is 11.6. The van der Waals surface area contributed by atoms with Crippen LogP contribution in [0.2, 0.25) is 0 Å². The number of aliphatic hydroxyl groups excluding tert-OH is 1. The van der Waals surface area contributed by atoms with E-state index in [9.17, 15) is 9.90 Å². The molecule has 5 nitrogen and oxygen atoms in total. The summed E-state index contributed by atoms with van der Waals surface area (Å²) in [6.07, 6.45) is 3.97. The first-order valence-corrected chi connectivity index (χ1v) is 6.77. The fourth-order valence-electron chi connectivity index (χ4n) is 1.98. The second kappa shape index (κ2) is 11.4. The Bertz CT molecular complexity index is 206. The van der Waals surface area contributed by atoms with Gasteiger partial charge in [-0.15, -0.1) is 0 Å². The number of methoxy groups -OCH3 is 1. The minimum absolute atomic E-state index is 0.0109. The summed E-state index contributed by atoms with van der Waals surface area (Å²) in [7, 11) is 1.52. The lowest BCUT2D eigenvalue weighted by molar-refractivity contribution is -0.122. The zero-order valence-electron chi connectivity index (χ0n) is 11.7. The van der Waals surface area contributed by atoms with Crippen LogP contribution >= 0.6 is 0 Å². The number of hydrogen-bond acceptors (Lipinski definition) is 4. The zero-order valence-corrected chi connectivity index (χ0v) is 11.7. The van der Waals surface area contributed by atoms with E-state index >= 15 is 0 Å². The molecule has 2 unspecified atom stereocenters. The van der Waals surface area contributed by atoms with Crippen LogP contribution < -0.4 is 11.1 Å². The highest BCUT2D eigenvalue weighted by atomic mass is 16.5. The first kappa shape index (κ1) is 17.4. The van der Waals surface area contributed by atoms with Gasteiger partial charge in [0.2, 0.25) is 5.91 Å². The predicted octanol–water partition coefficient (Wildman–Crippen LogP) is 0.655. The van der Waals surface area contributed by atoms with Gasteiger partial charge in [-0.2, -0.15) is 0 Å². The smallest absolute Gasteiger partial charge is 0.220 e. The summed E-state index contributed by atoms with van der Waals surface area (Å²) >= 11 is 0. The van der Waals surface area contributed by atoms with Gasteiger partial charge in [0, 0.05) is 20.1 Å². The fourth-order valence-corrected chi connectivity index (χ4v) is 1.98. The Morgan fingerprint density at radius 1 is 1.39 bits per heavy atom. The average molecular weight is 260 g/mol. The van der Waals surface area contributed by atoms with Crippen LogP contribution in [0.15, 0.2) is 0 Å². The van der Waals surface area contributed by atoms with Gasteiger partial charge in [0.1, 0.15) is 0 Å². The third-order valence-electron chi connectivity index (χ3n) is 2.95. The van der Waals surface area contributed by atoms with E-state index < -0.39 is 6.10 Å². The van der Waals surface area contributed by atoms with Crippen molar-refractivity contribution in [2.45, 2.75) is 45.1 Å². The van der Waals surface area contributed by atoms with Crippen molar-refractivity contribution in [2.24, 2.45) is 11.7 Å². The van der Waals surface area contributed by atoms with Gasteiger partial charge in [-0.25, -0.2) is 0 Å². The van der Waals surface area contributed by atoms with E-state index in [0.29, 0.717) is 18.9 Å². The van der Waals surface area contributed by atoms with Crippen LogP contribution in [-0.2, 0) is 9.53 Å². The molecular weight excluding hydrogens is 232 g/mol. The molecule has 0 aliphatic heterocycles. The number of nitrogens with two attached hydrogens (primary N) is 1. The molecule has 0 aliphatic rings. The maximum Gasteiger partial charge on any atom is 0.220 e. The maximum atomic E-state index is 11.6. The number of ether oxygens (including phenoxy) is 1. The average Bonchev–Trinajstić information content (AvgIpc) is 2.34. The van der Waals surface area contributed by atoms with Crippen molar-refractivity contribution in [3.63, 3.8) is 0 Å². The molecule has 5 heteroatoms. The molecule has 0 aromatic rings. The van der Waals surface area contributed by atoms with Gasteiger partial charge in [0.25, 0.3) is 0 Å². The molecule has 0 aliphatic carbocycles. The molecule has 0 fully saturated rings. The van der Waals surface area contributed by atoms with Crippen molar-refractivity contribution in [3.05, 3.63) is 0 Å². The number of hydrogen-bond donors (Lipinski definition) is 3. The van der Waals surface area contributed by atoms with Gasteiger partial charge in [-0.1, -0.05) is 19.8 Å². The SMILES string of the molecule is CCCC(CCN)CCC(=O)NCC(O)COC. The largest absolute Gasteiger partial charge is 0.389 e. The Morgan fingerprint density at radius 3 is 2.67 bits per heavy atom. The van der Waals surface area contributed by atoms with Crippen LogP contribution in [-0.4, -0.2) is 43.9 Å². The molecule has 0 saturated carbocycles. The minimum atomic E-state index is -0.630. The summed E-state index contributed by atoms with van der Waals surface area (Å²) in [6, 6.07) is 0. The van der Waals surface area contributed by atoms with Crippen LogP contribution in [0.1, 0.15) is 39.0 Å². The third kappa shape index (κ3) is 9.39. The predicted molar refractivity (Wildman–Crippen MR) is 72.2 cm³/mol. The van der Waals surface area contributed by atoms with Crippen molar-refractivity contribution in [1.82, 2.24) is 5.32 Å². The monoisotopic (exact) mass is 260 g/mol. The Morgan fingerprint density at radius 2 is 2.11 bits per heavy atom. The van der Waals surface area contributed by atoms with Gasteiger partial charge < -0.3 is 20.9 Å². The fraction of sp³-hybridized carbons (Fsp3) is 0.923. The van der Waals surface area contributed by atoms with Crippen LogP contribution in [0, 0.1) is 5.92 Å². The topological polar surface area (TPSA) is 84.6 Å². The van der Waals surface area contributed by atoms with E-state index in [1.165, 1.54) is 7.11 Å². The Balaban J connectivity index is 3.72. The molecule has 108 valence electrons. The van der Waals surface area contributed by atoms with Crippen LogP contribution in [0.25, 0.3) is 0 Å². The summed E-state index contributed by atoms with van der Waals surface area (Å²) in [5, 5.41) is 12.1. The van der Waals surface area contributed by atoms with Crippen molar-refractivity contribution >= 4 is 5.91 Å². The van der Waals surface area contributed by atoms with Crippen LogP contribution in [0.4, 0.5) is 0 Å². The second-order valence-corrected chi connectivity index (χ2v) is 4.68. The van der Waals surface area contributed by atoms with Crippen LogP contribution in [0.5, 0.6) is 0 Å². The van der Waals surface area contributed by atoms with E-state index in [2.05, 4.69) is 12.2 Å². The van der Waals surface area contributed by atoms with E-state index in [-0.39, 0.29) is 19.1 Å². The lowest BCUT2D eigenvalue weighted by Crippen LogP contribution is -2.34. The number of carbonyl (C=O) groups excluding carboxylic acids is 1. The molecule has 0 aromatic heterocycles. The third-order valence-corrected chi connectivity index (χ3v) is 2.95. The molecule has 0 bridgehead atoms. The van der Waals surface area contributed by atoms with Gasteiger partial charge in [0.15, 0.2) is 0 Å². The summed E-state index contributed by atoms with van der Waals surface area (Å²) < 4.78 is 4.78. The van der Waals surface area contributed by atoms with Gasteiger partial charge in [0.05, 0.1) is 12.7 Å². The van der Waals surface area contributed by atoms with Gasteiger partial charge >= 0.3 is 0 Å². The number of nitrogens with one attached hydrogen (secondary N) is 1. The molecule has 4 N–H and O–H groups in total. The normalized spacial score (nSPS) is 14.2. The molecule has 0 heterocycles. The van der Waals surface area contributed by atoms with Crippen LogP contribution in [0.3, 0.4) is 0 Å². The Hall–Kier alpha value is -0.650. The number of aliphatic hydroxyl groups is 1. The van der Waals surface area contributed by atoms with E-state index in [4.69, 9.17) is 10.5 Å². The highest BCUT2D eigenvalue weighted by molar-refractivity contribution is 5.75. The Kier molecular flexibility index (Phi) is 11.0. The number of amides is 1.